The molecule has 5 nitrogen and oxygen atoms in total. The molecule has 2 aromatic rings. The zero-order chi connectivity index (χ0) is 15.6. The smallest absolute Gasteiger partial charge is 0.272 e. The first-order valence-corrected chi connectivity index (χ1v) is 7.69. The molecule has 110 valence electrons. The van der Waals surface area contributed by atoms with Gasteiger partial charge in [-0.1, -0.05) is 18.2 Å². The van der Waals surface area contributed by atoms with E-state index in [9.17, 15) is 14.3 Å². The van der Waals surface area contributed by atoms with Crippen LogP contribution in [-0.4, -0.2) is 9.13 Å². The van der Waals surface area contributed by atoms with Gasteiger partial charge in [0.25, 0.3) is 5.69 Å². The third-order valence-electron chi connectivity index (χ3n) is 3.31. The van der Waals surface area contributed by atoms with Gasteiger partial charge in [0.2, 0.25) is 0 Å². The van der Waals surface area contributed by atoms with Crippen LogP contribution >= 0.6 is 0 Å². The molecule has 1 atom stereocenters. The third-order valence-corrected chi connectivity index (χ3v) is 4.75. The van der Waals surface area contributed by atoms with Crippen LogP contribution < -0.4 is 5.73 Å². The molecule has 2 N–H and O–H groups in total. The maximum Gasteiger partial charge on any atom is 0.272 e. The van der Waals surface area contributed by atoms with Crippen molar-refractivity contribution in [2.45, 2.75) is 24.5 Å². The molecule has 0 amide bonds. The molecule has 0 heterocycles. The summed E-state index contributed by atoms with van der Waals surface area (Å²) in [5.41, 5.74) is 8.66. The molecule has 0 aliphatic rings. The van der Waals surface area contributed by atoms with Gasteiger partial charge in [0.1, 0.15) is 0 Å². The highest BCUT2D eigenvalue weighted by Crippen LogP contribution is 2.25. The van der Waals surface area contributed by atoms with Crippen molar-refractivity contribution in [2.75, 3.05) is 5.73 Å². The predicted molar refractivity (Wildman–Crippen MR) is 83.5 cm³/mol. The first-order valence-electron chi connectivity index (χ1n) is 6.37. The van der Waals surface area contributed by atoms with Crippen LogP contribution in [0, 0.1) is 24.0 Å². The van der Waals surface area contributed by atoms with Gasteiger partial charge in [0.15, 0.2) is 0 Å². The Kier molecular flexibility index (Phi) is 4.37. The molecule has 0 radical (unpaired) electrons. The highest BCUT2D eigenvalue weighted by Gasteiger charge is 2.16. The molecular weight excluding hydrogens is 288 g/mol. The minimum Gasteiger partial charge on any atom is -0.398 e. The molecule has 0 aliphatic carbocycles. The van der Waals surface area contributed by atoms with Gasteiger partial charge in [-0.15, -0.1) is 0 Å². The highest BCUT2D eigenvalue weighted by atomic mass is 32.2. The Balaban J connectivity index is 2.32. The van der Waals surface area contributed by atoms with Crippen LogP contribution in [0.25, 0.3) is 0 Å². The lowest BCUT2D eigenvalue weighted by Gasteiger charge is -2.09. The van der Waals surface area contributed by atoms with Crippen LogP contribution in [0.3, 0.4) is 0 Å². The second-order valence-electron chi connectivity index (χ2n) is 4.85. The quantitative estimate of drug-likeness (QED) is 0.534. The maximum absolute atomic E-state index is 12.4. The molecule has 2 rings (SSSR count). The summed E-state index contributed by atoms with van der Waals surface area (Å²) < 4.78 is 12.4. The fourth-order valence-electron chi connectivity index (χ4n) is 2.12. The first-order chi connectivity index (χ1) is 9.90. The number of rotatable bonds is 4. The van der Waals surface area contributed by atoms with Crippen molar-refractivity contribution in [1.82, 2.24) is 0 Å². The van der Waals surface area contributed by atoms with E-state index in [1.807, 2.05) is 13.0 Å². The minimum absolute atomic E-state index is 0.0429. The predicted octanol–water partition coefficient (Wildman–Crippen LogP) is 3.10. The van der Waals surface area contributed by atoms with Gasteiger partial charge < -0.3 is 5.73 Å². The largest absolute Gasteiger partial charge is 0.398 e. The summed E-state index contributed by atoms with van der Waals surface area (Å²) in [5.74, 6) is 0.209. The standard InChI is InChI=1S/C15H16N2O3S/c1-10-6-7-15(13(16)8-10)21(20)9-12-4-3-5-14(11(12)2)17(18)19/h3-8H,9,16H2,1-2H3. The molecular formula is C15H16N2O3S. The van der Waals surface area contributed by atoms with Gasteiger partial charge in [0, 0.05) is 17.3 Å². The Labute approximate surface area is 125 Å². The monoisotopic (exact) mass is 304 g/mol. The van der Waals surface area contributed by atoms with E-state index >= 15 is 0 Å². The number of anilines is 1. The number of nitro groups is 1. The number of nitrogen functional groups attached to an aromatic ring is 1. The van der Waals surface area contributed by atoms with E-state index < -0.39 is 15.7 Å². The van der Waals surface area contributed by atoms with E-state index in [0.29, 0.717) is 21.7 Å². The van der Waals surface area contributed by atoms with Crippen molar-refractivity contribution in [3.63, 3.8) is 0 Å². The number of hydrogen-bond acceptors (Lipinski definition) is 4. The Morgan fingerprint density at radius 3 is 2.57 bits per heavy atom. The molecule has 0 saturated carbocycles. The number of benzene rings is 2. The number of nitrogens with zero attached hydrogens (tertiary/aromatic N) is 1. The van der Waals surface area contributed by atoms with E-state index in [1.165, 1.54) is 6.07 Å². The van der Waals surface area contributed by atoms with Crippen molar-refractivity contribution < 1.29 is 9.13 Å². The molecule has 6 heteroatoms. The van der Waals surface area contributed by atoms with Crippen LogP contribution in [0.15, 0.2) is 41.3 Å². The molecule has 2 aromatic carbocycles. The lowest BCUT2D eigenvalue weighted by molar-refractivity contribution is -0.385. The third kappa shape index (κ3) is 3.28. The minimum atomic E-state index is -1.33. The molecule has 0 aromatic heterocycles. The number of nitro benzene ring substituents is 1. The highest BCUT2D eigenvalue weighted by molar-refractivity contribution is 7.84. The second-order valence-corrected chi connectivity index (χ2v) is 6.27. The zero-order valence-corrected chi connectivity index (χ0v) is 12.6. The van der Waals surface area contributed by atoms with Crippen molar-refractivity contribution >= 4 is 22.2 Å². The molecule has 0 aliphatic heterocycles. The Hall–Kier alpha value is -2.21. The summed E-state index contributed by atoms with van der Waals surface area (Å²) in [6.07, 6.45) is 0. The molecule has 0 spiro atoms. The second kappa shape index (κ2) is 6.05. The fourth-order valence-corrected chi connectivity index (χ4v) is 3.41. The van der Waals surface area contributed by atoms with E-state index in [2.05, 4.69) is 0 Å². The normalized spacial score (nSPS) is 12.1. The van der Waals surface area contributed by atoms with Crippen molar-refractivity contribution in [3.8, 4) is 0 Å². The molecule has 21 heavy (non-hydrogen) atoms. The van der Waals surface area contributed by atoms with Crippen molar-refractivity contribution in [1.29, 1.82) is 0 Å². The van der Waals surface area contributed by atoms with Crippen LogP contribution in [-0.2, 0) is 16.6 Å². The zero-order valence-electron chi connectivity index (χ0n) is 11.8. The summed E-state index contributed by atoms with van der Waals surface area (Å²) in [7, 11) is -1.33. The average Bonchev–Trinajstić information content (AvgIpc) is 2.40. The summed E-state index contributed by atoms with van der Waals surface area (Å²) in [6, 6.07) is 10.2. The summed E-state index contributed by atoms with van der Waals surface area (Å²) in [4.78, 5) is 11.1. The van der Waals surface area contributed by atoms with E-state index in [0.717, 1.165) is 5.56 Å². The van der Waals surface area contributed by atoms with Gasteiger partial charge in [-0.25, -0.2) is 0 Å². The van der Waals surface area contributed by atoms with Crippen LogP contribution in [0.1, 0.15) is 16.7 Å². The van der Waals surface area contributed by atoms with Crippen LogP contribution in [0.5, 0.6) is 0 Å². The summed E-state index contributed by atoms with van der Waals surface area (Å²) in [5, 5.41) is 10.9. The average molecular weight is 304 g/mol. The van der Waals surface area contributed by atoms with Gasteiger partial charge >= 0.3 is 0 Å². The SMILES string of the molecule is Cc1ccc(S(=O)Cc2cccc([N+](=O)[O-])c2C)c(N)c1. The van der Waals surface area contributed by atoms with Crippen LogP contribution in [0.2, 0.25) is 0 Å². The van der Waals surface area contributed by atoms with Crippen LogP contribution in [0.4, 0.5) is 11.4 Å². The lowest BCUT2D eigenvalue weighted by Crippen LogP contribution is -2.03. The fraction of sp³-hybridized carbons (Fsp3) is 0.200. The van der Waals surface area contributed by atoms with Crippen molar-refractivity contribution in [3.05, 3.63) is 63.2 Å². The van der Waals surface area contributed by atoms with Crippen molar-refractivity contribution in [2.24, 2.45) is 0 Å². The van der Waals surface area contributed by atoms with Gasteiger partial charge in [0.05, 0.1) is 26.4 Å². The van der Waals surface area contributed by atoms with E-state index in [1.54, 1.807) is 31.2 Å². The number of hydrogen-bond donors (Lipinski definition) is 1. The molecule has 1 unspecified atom stereocenters. The van der Waals surface area contributed by atoms with E-state index in [4.69, 9.17) is 5.73 Å². The number of aryl methyl sites for hydroxylation is 1. The lowest BCUT2D eigenvalue weighted by atomic mass is 10.1. The van der Waals surface area contributed by atoms with Gasteiger partial charge in [-0.3, -0.25) is 14.3 Å². The molecule has 0 saturated heterocycles. The summed E-state index contributed by atoms with van der Waals surface area (Å²) in [6.45, 7) is 3.58. The Bertz CT molecular complexity index is 729. The number of nitrogens with two attached hydrogens (primary N) is 1. The van der Waals surface area contributed by atoms with Gasteiger partial charge in [-0.2, -0.15) is 0 Å². The van der Waals surface area contributed by atoms with E-state index in [-0.39, 0.29) is 11.4 Å². The van der Waals surface area contributed by atoms with Gasteiger partial charge in [-0.05, 0) is 37.1 Å². The molecule has 0 fully saturated rings. The first kappa shape index (κ1) is 15.2. The Morgan fingerprint density at radius 1 is 1.24 bits per heavy atom. The topological polar surface area (TPSA) is 86.2 Å². The maximum atomic E-state index is 12.4. The Morgan fingerprint density at radius 2 is 1.95 bits per heavy atom. The molecule has 0 bridgehead atoms. The summed E-state index contributed by atoms with van der Waals surface area (Å²) >= 11 is 0.